The first-order valence-corrected chi connectivity index (χ1v) is 4.59. The van der Waals surface area contributed by atoms with Crippen LogP contribution in [0.25, 0.3) is 0 Å². The molecule has 1 aliphatic heterocycles. The highest BCUT2D eigenvalue weighted by molar-refractivity contribution is 6.00. The lowest BCUT2D eigenvalue weighted by Crippen LogP contribution is -2.52. The van der Waals surface area contributed by atoms with E-state index in [0.29, 0.717) is 12.8 Å². The summed E-state index contributed by atoms with van der Waals surface area (Å²) in [6.07, 6.45) is 1.09. The Hall–Kier alpha value is -0.900. The minimum Gasteiger partial charge on any atom is -0.304 e. The van der Waals surface area contributed by atoms with Crippen LogP contribution in [0, 0.1) is 0 Å². The smallest absolute Gasteiger partial charge is 0.246 e. The lowest BCUT2D eigenvalue weighted by molar-refractivity contribution is -0.148. The van der Waals surface area contributed by atoms with Gasteiger partial charge in [0.1, 0.15) is 0 Å². The zero-order valence-corrected chi connectivity index (χ0v) is 8.33. The van der Waals surface area contributed by atoms with E-state index in [1.165, 1.54) is 4.90 Å². The van der Waals surface area contributed by atoms with Gasteiger partial charge in [0, 0.05) is 19.5 Å². The van der Waals surface area contributed by atoms with Gasteiger partial charge in [0.25, 0.3) is 0 Å². The summed E-state index contributed by atoms with van der Waals surface area (Å²) < 4.78 is 0. The van der Waals surface area contributed by atoms with Crippen molar-refractivity contribution in [2.24, 2.45) is 0 Å². The molecule has 1 unspecified atom stereocenters. The predicted octanol–water partition coefficient (Wildman–Crippen LogP) is 0.132. The molecule has 0 aromatic carbocycles. The molecule has 0 aliphatic carbocycles. The molecule has 0 aromatic heterocycles. The standard InChI is InChI=1S/C9H16N2O2/c1-6(2)10-7-4-5-8(12)11(3)9(7)13/h6-7,10H,4-5H2,1-3H3. The summed E-state index contributed by atoms with van der Waals surface area (Å²) in [5.74, 6) is -0.184. The summed E-state index contributed by atoms with van der Waals surface area (Å²) in [7, 11) is 1.54. The second-order valence-electron chi connectivity index (χ2n) is 3.70. The van der Waals surface area contributed by atoms with Crippen LogP contribution >= 0.6 is 0 Å². The number of rotatable bonds is 2. The number of imide groups is 1. The minimum atomic E-state index is -0.178. The topological polar surface area (TPSA) is 49.4 Å². The van der Waals surface area contributed by atoms with Gasteiger partial charge in [-0.25, -0.2) is 0 Å². The third kappa shape index (κ3) is 2.28. The van der Waals surface area contributed by atoms with Gasteiger partial charge in [-0.15, -0.1) is 0 Å². The molecule has 0 spiro atoms. The fourth-order valence-corrected chi connectivity index (χ4v) is 1.47. The van der Waals surface area contributed by atoms with Crippen LogP contribution in [0.1, 0.15) is 26.7 Å². The first-order chi connectivity index (χ1) is 6.02. The average Bonchev–Trinajstić information content (AvgIpc) is 2.06. The van der Waals surface area contributed by atoms with E-state index in [1.54, 1.807) is 7.05 Å². The van der Waals surface area contributed by atoms with Crippen LogP contribution < -0.4 is 5.32 Å². The van der Waals surface area contributed by atoms with Crippen molar-refractivity contribution in [1.82, 2.24) is 10.2 Å². The van der Waals surface area contributed by atoms with E-state index >= 15 is 0 Å². The Morgan fingerprint density at radius 2 is 2.08 bits per heavy atom. The third-order valence-electron chi connectivity index (χ3n) is 2.18. The van der Waals surface area contributed by atoms with Crippen molar-refractivity contribution < 1.29 is 9.59 Å². The number of nitrogens with one attached hydrogen (secondary N) is 1. The SMILES string of the molecule is CC(C)NC1CCC(=O)N(C)C1=O. The maximum Gasteiger partial charge on any atom is 0.246 e. The van der Waals surface area contributed by atoms with Gasteiger partial charge < -0.3 is 5.32 Å². The number of piperidine rings is 1. The Labute approximate surface area is 78.3 Å². The monoisotopic (exact) mass is 184 g/mol. The highest BCUT2D eigenvalue weighted by Crippen LogP contribution is 2.11. The number of carbonyl (C=O) groups is 2. The highest BCUT2D eigenvalue weighted by atomic mass is 16.2. The maximum absolute atomic E-state index is 11.5. The second-order valence-corrected chi connectivity index (χ2v) is 3.70. The highest BCUT2D eigenvalue weighted by Gasteiger charge is 2.31. The molecule has 0 bridgehead atoms. The molecule has 1 aliphatic rings. The summed E-state index contributed by atoms with van der Waals surface area (Å²) in [6.45, 7) is 3.98. The summed E-state index contributed by atoms with van der Waals surface area (Å²) in [4.78, 5) is 23.8. The van der Waals surface area contributed by atoms with Crippen molar-refractivity contribution in [3.05, 3.63) is 0 Å². The Bertz CT molecular complexity index is 226. The fourth-order valence-electron chi connectivity index (χ4n) is 1.47. The van der Waals surface area contributed by atoms with Gasteiger partial charge in [0.15, 0.2) is 0 Å². The van der Waals surface area contributed by atoms with E-state index < -0.39 is 0 Å². The van der Waals surface area contributed by atoms with Crippen molar-refractivity contribution in [2.45, 2.75) is 38.8 Å². The maximum atomic E-state index is 11.5. The summed E-state index contributed by atoms with van der Waals surface area (Å²) in [6, 6.07) is 0.0956. The molecule has 13 heavy (non-hydrogen) atoms. The number of likely N-dealkylation sites (N-methyl/N-ethyl adjacent to an activating group) is 1. The molecule has 1 atom stereocenters. The summed E-state index contributed by atoms with van der Waals surface area (Å²) in [5.41, 5.74) is 0. The fraction of sp³-hybridized carbons (Fsp3) is 0.778. The molecule has 1 heterocycles. The Balaban J connectivity index is 2.59. The van der Waals surface area contributed by atoms with Gasteiger partial charge in [0.2, 0.25) is 11.8 Å². The predicted molar refractivity (Wildman–Crippen MR) is 49.1 cm³/mol. The zero-order chi connectivity index (χ0) is 10.0. The Morgan fingerprint density at radius 1 is 1.46 bits per heavy atom. The normalized spacial score (nSPS) is 24.3. The van der Waals surface area contributed by atoms with Crippen LogP contribution in [0.3, 0.4) is 0 Å². The largest absolute Gasteiger partial charge is 0.304 e. The number of likely N-dealkylation sites (tertiary alicyclic amines) is 1. The molecule has 1 saturated heterocycles. The summed E-state index contributed by atoms with van der Waals surface area (Å²) in [5, 5.41) is 3.14. The van der Waals surface area contributed by atoms with Gasteiger partial charge >= 0.3 is 0 Å². The molecule has 4 nitrogen and oxygen atoms in total. The van der Waals surface area contributed by atoms with Crippen molar-refractivity contribution >= 4 is 11.8 Å². The molecule has 1 fully saturated rings. The van der Waals surface area contributed by atoms with Crippen LogP contribution in [0.15, 0.2) is 0 Å². The van der Waals surface area contributed by atoms with Crippen molar-refractivity contribution in [3.8, 4) is 0 Å². The lowest BCUT2D eigenvalue weighted by Gasteiger charge is -2.29. The molecule has 1 N–H and O–H groups in total. The van der Waals surface area contributed by atoms with E-state index in [4.69, 9.17) is 0 Å². The third-order valence-corrected chi connectivity index (χ3v) is 2.18. The van der Waals surface area contributed by atoms with Crippen LogP contribution in [0.4, 0.5) is 0 Å². The van der Waals surface area contributed by atoms with E-state index in [2.05, 4.69) is 5.32 Å². The van der Waals surface area contributed by atoms with Gasteiger partial charge in [-0.05, 0) is 6.42 Å². The molecule has 0 radical (unpaired) electrons. The molecule has 1 rings (SSSR count). The average molecular weight is 184 g/mol. The minimum absolute atomic E-state index is 0.0770. The first-order valence-electron chi connectivity index (χ1n) is 4.59. The van der Waals surface area contributed by atoms with Crippen molar-refractivity contribution in [2.75, 3.05) is 7.05 Å². The molecule has 0 aromatic rings. The van der Waals surface area contributed by atoms with E-state index in [-0.39, 0.29) is 23.9 Å². The van der Waals surface area contributed by atoms with Gasteiger partial charge in [-0.1, -0.05) is 13.8 Å². The van der Waals surface area contributed by atoms with Gasteiger partial charge in [0.05, 0.1) is 6.04 Å². The molecular formula is C9H16N2O2. The second kappa shape index (κ2) is 3.87. The number of carbonyl (C=O) groups excluding carboxylic acids is 2. The number of nitrogens with zero attached hydrogens (tertiary/aromatic N) is 1. The van der Waals surface area contributed by atoms with Crippen molar-refractivity contribution in [3.63, 3.8) is 0 Å². The quantitative estimate of drug-likeness (QED) is 0.621. The Kier molecular flexibility index (Phi) is 3.03. The van der Waals surface area contributed by atoms with Crippen LogP contribution in [0.5, 0.6) is 0 Å². The molecule has 2 amide bonds. The van der Waals surface area contributed by atoms with E-state index in [9.17, 15) is 9.59 Å². The molecule has 0 saturated carbocycles. The van der Waals surface area contributed by atoms with Crippen molar-refractivity contribution in [1.29, 1.82) is 0 Å². The molecular weight excluding hydrogens is 168 g/mol. The van der Waals surface area contributed by atoms with Crippen LogP contribution in [-0.2, 0) is 9.59 Å². The summed E-state index contributed by atoms with van der Waals surface area (Å²) >= 11 is 0. The molecule has 74 valence electrons. The lowest BCUT2D eigenvalue weighted by atomic mass is 10.0. The van der Waals surface area contributed by atoms with Crippen LogP contribution in [0.2, 0.25) is 0 Å². The van der Waals surface area contributed by atoms with Gasteiger partial charge in [-0.2, -0.15) is 0 Å². The zero-order valence-electron chi connectivity index (χ0n) is 8.33. The van der Waals surface area contributed by atoms with E-state index in [0.717, 1.165) is 0 Å². The molecule has 4 heteroatoms. The Morgan fingerprint density at radius 3 is 2.62 bits per heavy atom. The number of hydrogen-bond acceptors (Lipinski definition) is 3. The van der Waals surface area contributed by atoms with E-state index in [1.807, 2.05) is 13.8 Å². The number of hydrogen-bond donors (Lipinski definition) is 1. The number of amides is 2. The first kappa shape index (κ1) is 10.2. The van der Waals surface area contributed by atoms with Gasteiger partial charge in [-0.3, -0.25) is 14.5 Å². The van der Waals surface area contributed by atoms with Crippen LogP contribution in [-0.4, -0.2) is 35.8 Å².